The van der Waals surface area contributed by atoms with Crippen LogP contribution in [0.15, 0.2) is 18.2 Å². The Balaban J connectivity index is 3.15. The van der Waals surface area contributed by atoms with Gasteiger partial charge in [-0.05, 0) is 32.4 Å². The number of nitrogens with zero attached hydrogens (tertiary/aromatic N) is 1. The van der Waals surface area contributed by atoms with Gasteiger partial charge in [0.1, 0.15) is 5.82 Å². The van der Waals surface area contributed by atoms with Crippen molar-refractivity contribution in [2.24, 2.45) is 0 Å². The third-order valence-corrected chi connectivity index (χ3v) is 2.66. The summed E-state index contributed by atoms with van der Waals surface area (Å²) in [5.74, 6) is -0.331. The van der Waals surface area contributed by atoms with Crippen LogP contribution >= 0.6 is 0 Å². The van der Waals surface area contributed by atoms with E-state index in [1.54, 1.807) is 13.0 Å². The lowest BCUT2D eigenvalue weighted by Crippen LogP contribution is -2.25. The molecule has 1 atom stereocenters. The van der Waals surface area contributed by atoms with Crippen LogP contribution in [0, 0.1) is 5.82 Å². The molecule has 1 N–H and O–H groups in total. The molecule has 90 valence electrons. The number of hydrogen-bond acceptors (Lipinski definition) is 2. The van der Waals surface area contributed by atoms with Crippen molar-refractivity contribution in [1.29, 1.82) is 0 Å². The van der Waals surface area contributed by atoms with E-state index in [4.69, 9.17) is 0 Å². The summed E-state index contributed by atoms with van der Waals surface area (Å²) >= 11 is 0. The van der Waals surface area contributed by atoms with Crippen molar-refractivity contribution >= 4 is 5.69 Å². The van der Waals surface area contributed by atoms with Gasteiger partial charge in [-0.25, -0.2) is 4.39 Å². The molecule has 0 aliphatic rings. The number of aliphatic hydroxyl groups is 1. The number of anilines is 1. The van der Waals surface area contributed by atoms with E-state index in [-0.39, 0.29) is 5.82 Å². The molecule has 16 heavy (non-hydrogen) atoms. The van der Waals surface area contributed by atoms with E-state index in [2.05, 4.69) is 11.8 Å². The number of benzene rings is 1. The van der Waals surface area contributed by atoms with Gasteiger partial charge < -0.3 is 10.0 Å². The first kappa shape index (κ1) is 13.0. The van der Waals surface area contributed by atoms with Gasteiger partial charge in [0.25, 0.3) is 0 Å². The summed E-state index contributed by atoms with van der Waals surface area (Å²) in [4.78, 5) is 2.09. The second-order valence-electron chi connectivity index (χ2n) is 3.93. The Morgan fingerprint density at radius 3 is 2.56 bits per heavy atom. The highest BCUT2D eigenvalue weighted by atomic mass is 19.1. The van der Waals surface area contributed by atoms with E-state index in [9.17, 15) is 9.50 Å². The Morgan fingerprint density at radius 2 is 2.06 bits per heavy atom. The largest absolute Gasteiger partial charge is 0.389 e. The van der Waals surface area contributed by atoms with Crippen LogP contribution in [0.5, 0.6) is 0 Å². The van der Waals surface area contributed by atoms with Gasteiger partial charge in [-0.2, -0.15) is 0 Å². The van der Waals surface area contributed by atoms with E-state index in [0.717, 1.165) is 25.2 Å². The van der Waals surface area contributed by atoms with E-state index in [1.165, 1.54) is 6.07 Å². The normalized spacial score (nSPS) is 12.6. The first-order valence-electron chi connectivity index (χ1n) is 5.83. The van der Waals surface area contributed by atoms with Gasteiger partial charge in [0, 0.05) is 24.3 Å². The molecule has 0 aromatic heterocycles. The minimum absolute atomic E-state index is 0.331. The van der Waals surface area contributed by atoms with Crippen LogP contribution < -0.4 is 4.90 Å². The Hall–Kier alpha value is -1.09. The molecule has 2 nitrogen and oxygen atoms in total. The average molecular weight is 225 g/mol. The zero-order valence-electron chi connectivity index (χ0n) is 10.2. The van der Waals surface area contributed by atoms with Crippen molar-refractivity contribution < 1.29 is 9.50 Å². The monoisotopic (exact) mass is 225 g/mol. The van der Waals surface area contributed by atoms with Gasteiger partial charge in [-0.3, -0.25) is 0 Å². The maximum absolute atomic E-state index is 13.7. The second-order valence-corrected chi connectivity index (χ2v) is 3.93. The highest BCUT2D eigenvalue weighted by molar-refractivity contribution is 5.55. The minimum atomic E-state index is -0.776. The lowest BCUT2D eigenvalue weighted by atomic mass is 10.1. The molecule has 0 spiro atoms. The molecule has 0 aliphatic heterocycles. The summed E-state index contributed by atoms with van der Waals surface area (Å²) in [6, 6.07) is 4.95. The van der Waals surface area contributed by atoms with Gasteiger partial charge in [0.05, 0.1) is 6.10 Å². The zero-order chi connectivity index (χ0) is 12.1. The van der Waals surface area contributed by atoms with E-state index in [0.29, 0.717) is 5.56 Å². The topological polar surface area (TPSA) is 23.5 Å². The molecule has 0 radical (unpaired) electrons. The molecule has 0 aliphatic carbocycles. The summed E-state index contributed by atoms with van der Waals surface area (Å²) in [6.07, 6.45) is 0.228. The number of halogens is 1. The van der Waals surface area contributed by atoms with Crippen molar-refractivity contribution in [2.45, 2.75) is 33.3 Å². The Kier molecular flexibility index (Phi) is 4.74. The molecule has 0 saturated heterocycles. The van der Waals surface area contributed by atoms with Crippen molar-refractivity contribution in [3.63, 3.8) is 0 Å². The summed E-state index contributed by atoms with van der Waals surface area (Å²) < 4.78 is 13.7. The van der Waals surface area contributed by atoms with Crippen LogP contribution in [0.3, 0.4) is 0 Å². The summed E-state index contributed by atoms with van der Waals surface area (Å²) in [6.45, 7) is 7.41. The van der Waals surface area contributed by atoms with Crippen LogP contribution in [0.25, 0.3) is 0 Å². The molecule has 1 aromatic carbocycles. The lowest BCUT2D eigenvalue weighted by Gasteiger charge is -2.26. The Bertz CT molecular complexity index is 339. The maximum Gasteiger partial charge on any atom is 0.131 e. The first-order valence-corrected chi connectivity index (χ1v) is 5.83. The Labute approximate surface area is 96.7 Å². The van der Waals surface area contributed by atoms with Gasteiger partial charge in [-0.1, -0.05) is 13.0 Å². The molecule has 1 rings (SSSR count). The van der Waals surface area contributed by atoms with E-state index >= 15 is 0 Å². The van der Waals surface area contributed by atoms with Gasteiger partial charge in [0.2, 0.25) is 0 Å². The minimum Gasteiger partial charge on any atom is -0.389 e. The molecule has 1 aromatic rings. The van der Waals surface area contributed by atoms with Gasteiger partial charge in [-0.15, -0.1) is 0 Å². The molecule has 0 amide bonds. The van der Waals surface area contributed by atoms with Gasteiger partial charge in [0.15, 0.2) is 0 Å². The molecule has 0 bridgehead atoms. The summed E-state index contributed by atoms with van der Waals surface area (Å²) in [5.41, 5.74) is 1.21. The van der Waals surface area contributed by atoms with Crippen LogP contribution in [-0.2, 0) is 0 Å². The fraction of sp³-hybridized carbons (Fsp3) is 0.538. The molecular weight excluding hydrogens is 205 g/mol. The number of hydrogen-bond donors (Lipinski definition) is 1. The fourth-order valence-corrected chi connectivity index (χ4v) is 1.93. The van der Waals surface area contributed by atoms with E-state index in [1.807, 2.05) is 13.0 Å². The zero-order valence-corrected chi connectivity index (χ0v) is 10.2. The third kappa shape index (κ3) is 2.73. The molecule has 0 unspecified atom stereocenters. The molecule has 0 saturated carbocycles. The highest BCUT2D eigenvalue weighted by Crippen LogP contribution is 2.28. The standard InChI is InChI=1S/C13H20FNO/c1-4-9-15(5-2)12-8-6-7-11(14)13(12)10(3)16/h6-8,10,16H,4-5,9H2,1-3H3/t10-/m1/s1. The number of rotatable bonds is 5. The van der Waals surface area contributed by atoms with E-state index < -0.39 is 6.10 Å². The first-order chi connectivity index (χ1) is 7.61. The van der Waals surface area contributed by atoms with Crippen molar-refractivity contribution in [3.8, 4) is 0 Å². The predicted octanol–water partition coefficient (Wildman–Crippen LogP) is 3.12. The Morgan fingerprint density at radius 1 is 1.38 bits per heavy atom. The average Bonchev–Trinajstić information content (AvgIpc) is 2.25. The van der Waals surface area contributed by atoms with Gasteiger partial charge >= 0.3 is 0 Å². The maximum atomic E-state index is 13.7. The van der Waals surface area contributed by atoms with Crippen molar-refractivity contribution in [1.82, 2.24) is 0 Å². The quantitative estimate of drug-likeness (QED) is 0.832. The lowest BCUT2D eigenvalue weighted by molar-refractivity contribution is 0.194. The smallest absolute Gasteiger partial charge is 0.131 e. The van der Waals surface area contributed by atoms with Crippen LogP contribution in [0.1, 0.15) is 38.9 Å². The summed E-state index contributed by atoms with van der Waals surface area (Å²) in [5, 5.41) is 9.63. The summed E-state index contributed by atoms with van der Waals surface area (Å²) in [7, 11) is 0. The van der Waals surface area contributed by atoms with Crippen LogP contribution in [-0.4, -0.2) is 18.2 Å². The second kappa shape index (κ2) is 5.85. The number of aliphatic hydroxyl groups excluding tert-OH is 1. The van der Waals surface area contributed by atoms with Crippen LogP contribution in [0.2, 0.25) is 0 Å². The fourth-order valence-electron chi connectivity index (χ4n) is 1.93. The third-order valence-electron chi connectivity index (χ3n) is 2.66. The van der Waals surface area contributed by atoms with Crippen molar-refractivity contribution in [3.05, 3.63) is 29.6 Å². The molecular formula is C13H20FNO. The van der Waals surface area contributed by atoms with Crippen LogP contribution in [0.4, 0.5) is 10.1 Å². The highest BCUT2D eigenvalue weighted by Gasteiger charge is 2.16. The van der Waals surface area contributed by atoms with Crippen molar-refractivity contribution in [2.75, 3.05) is 18.0 Å². The SMILES string of the molecule is CCCN(CC)c1cccc(F)c1[C@@H](C)O. The molecule has 0 fully saturated rings. The molecule has 0 heterocycles. The molecule has 3 heteroatoms. The predicted molar refractivity (Wildman–Crippen MR) is 65.2 cm³/mol.